The molecule has 0 radical (unpaired) electrons. The van der Waals surface area contributed by atoms with Crippen LogP contribution in [0.25, 0.3) is 0 Å². The molecule has 0 aliphatic rings. The number of hydrogen-bond acceptors (Lipinski definition) is 4. The topological polar surface area (TPSA) is 121 Å². The fourth-order valence-corrected chi connectivity index (χ4v) is 0.717. The van der Waals surface area contributed by atoms with Crippen LogP contribution in [0.5, 0.6) is 0 Å². The van der Waals surface area contributed by atoms with Gasteiger partial charge in [0.15, 0.2) is 0 Å². The first-order chi connectivity index (χ1) is 6.43. The third-order valence-electron chi connectivity index (χ3n) is 1.31. The van der Waals surface area contributed by atoms with Crippen LogP contribution in [0.15, 0.2) is 0 Å². The number of carboxylic acids is 3. The average Bonchev–Trinajstić information content (AvgIpc) is 2.00. The molecular formula is C7H13Na3O7. The summed E-state index contributed by atoms with van der Waals surface area (Å²) in [5.41, 5.74) is 0. The van der Waals surface area contributed by atoms with Crippen molar-refractivity contribution in [1.29, 1.82) is 0 Å². The van der Waals surface area contributed by atoms with Crippen molar-refractivity contribution in [1.82, 2.24) is 0 Å². The minimum Gasteiger partial charge on any atom is -1.00 e. The molecule has 0 saturated heterocycles. The van der Waals surface area contributed by atoms with E-state index in [9.17, 15) is 14.4 Å². The Hall–Kier alpha value is 1.37. The van der Waals surface area contributed by atoms with Gasteiger partial charge in [-0.1, -0.05) is 0 Å². The minimum absolute atomic E-state index is 0. The molecule has 0 aromatic heterocycles. The third-order valence-corrected chi connectivity index (χ3v) is 1.31. The molecule has 0 rings (SSSR count). The maximum atomic E-state index is 10.4. The second kappa shape index (κ2) is 15.4. The molecule has 10 heteroatoms. The van der Waals surface area contributed by atoms with Gasteiger partial charge in [0.1, 0.15) is 6.61 Å². The Labute approximate surface area is 169 Å². The molecule has 0 amide bonds. The van der Waals surface area contributed by atoms with Crippen molar-refractivity contribution in [3.8, 4) is 0 Å². The van der Waals surface area contributed by atoms with Gasteiger partial charge in [0, 0.05) is 0 Å². The van der Waals surface area contributed by atoms with E-state index in [1.807, 2.05) is 0 Å². The van der Waals surface area contributed by atoms with Crippen molar-refractivity contribution in [3.63, 3.8) is 0 Å². The predicted octanol–water partition coefficient (Wildman–Crippen LogP) is -9.39. The number of aliphatic carboxylic acids is 3. The van der Waals surface area contributed by atoms with Crippen LogP contribution in [0.1, 0.15) is 10.7 Å². The van der Waals surface area contributed by atoms with Crippen molar-refractivity contribution in [3.05, 3.63) is 0 Å². The van der Waals surface area contributed by atoms with E-state index >= 15 is 0 Å². The second-order valence-electron chi connectivity index (χ2n) is 2.54. The Morgan fingerprint density at radius 2 is 1.47 bits per heavy atom. The molecule has 0 aliphatic carbocycles. The fourth-order valence-electron chi connectivity index (χ4n) is 0.717. The molecule has 0 bridgehead atoms. The summed E-state index contributed by atoms with van der Waals surface area (Å²) in [5.74, 6) is -5.04. The van der Waals surface area contributed by atoms with Gasteiger partial charge in [0.2, 0.25) is 0 Å². The molecule has 7 nitrogen and oxygen atoms in total. The molecule has 0 aromatic carbocycles. The smallest absolute Gasteiger partial charge is 1.00 e. The van der Waals surface area contributed by atoms with Gasteiger partial charge < -0.3 is 24.3 Å². The van der Waals surface area contributed by atoms with Crippen molar-refractivity contribution < 1.29 is 127 Å². The van der Waals surface area contributed by atoms with E-state index in [4.69, 9.17) is 15.3 Å². The van der Waals surface area contributed by atoms with Crippen molar-refractivity contribution in [2.24, 2.45) is 5.92 Å². The minimum atomic E-state index is -1.32. The number of hydrogen-bond donors (Lipinski definition) is 3. The predicted molar refractivity (Wildman–Crippen MR) is 45.2 cm³/mol. The maximum absolute atomic E-state index is 10.4. The molecule has 0 fully saturated rings. The first-order valence-electron chi connectivity index (χ1n) is 3.67. The third kappa shape index (κ3) is 17.4. The van der Waals surface area contributed by atoms with Gasteiger partial charge in [-0.25, -0.2) is 4.79 Å². The Balaban J connectivity index is -0.0000000563. The maximum Gasteiger partial charge on any atom is 1.00 e. The molecule has 0 aliphatic heterocycles. The van der Waals surface area contributed by atoms with Crippen molar-refractivity contribution in [2.45, 2.75) is 6.42 Å². The summed E-state index contributed by atoms with van der Waals surface area (Å²) >= 11 is 0. The molecule has 0 aromatic rings. The van der Waals surface area contributed by atoms with Crippen LogP contribution in [-0.4, -0.2) is 46.4 Å². The van der Waals surface area contributed by atoms with Gasteiger partial charge in [-0.15, -0.1) is 0 Å². The molecule has 17 heavy (non-hydrogen) atoms. The van der Waals surface area contributed by atoms with Gasteiger partial charge in [-0.3, -0.25) is 9.59 Å². The Kier molecular flexibility index (Phi) is 24.4. The van der Waals surface area contributed by atoms with Gasteiger partial charge >= 0.3 is 107 Å². The van der Waals surface area contributed by atoms with Crippen LogP contribution in [0.4, 0.5) is 0 Å². The quantitative estimate of drug-likeness (QED) is 0.395. The first-order valence-corrected chi connectivity index (χ1v) is 3.67. The fraction of sp³-hybridized carbons (Fsp3) is 0.571. The van der Waals surface area contributed by atoms with Gasteiger partial charge in [0.05, 0.1) is 18.9 Å². The molecule has 0 heterocycles. The Morgan fingerprint density at radius 1 is 1.00 bits per heavy atom. The summed E-state index contributed by atoms with van der Waals surface area (Å²) < 4.78 is 4.48. The zero-order valence-electron chi connectivity index (χ0n) is 13.2. The zero-order valence-corrected chi connectivity index (χ0v) is 16.2. The van der Waals surface area contributed by atoms with Crippen molar-refractivity contribution in [2.75, 3.05) is 13.2 Å². The van der Waals surface area contributed by atoms with Gasteiger partial charge in [-0.05, 0) is 0 Å². The largest absolute Gasteiger partial charge is 1.00 e. The van der Waals surface area contributed by atoms with Crippen LogP contribution in [0, 0.1) is 5.92 Å². The van der Waals surface area contributed by atoms with E-state index in [1.165, 1.54) is 0 Å². The van der Waals surface area contributed by atoms with E-state index in [0.717, 1.165) is 0 Å². The van der Waals surface area contributed by atoms with E-state index in [-0.39, 0.29) is 93.0 Å². The molecule has 3 N–H and O–H groups in total. The average molecular weight is 278 g/mol. The molecular weight excluding hydrogens is 265 g/mol. The van der Waals surface area contributed by atoms with E-state index in [1.54, 1.807) is 0 Å². The number of ether oxygens (including phenoxy) is 1. The standard InChI is InChI=1S/C7H10O7.3Na.3H/c8-5(9)1-4(7(12)13)2-14-3-6(10)11;;;;;;/h4H,1-3H2,(H,8,9)(H,10,11)(H,12,13);;;;;;/q;3*+1;3*-1. The summed E-state index contributed by atoms with van der Waals surface area (Å²) in [6.07, 6.45) is -0.588. The summed E-state index contributed by atoms with van der Waals surface area (Å²) in [6.45, 7) is -1.06. The molecule has 86 valence electrons. The van der Waals surface area contributed by atoms with E-state index in [2.05, 4.69) is 4.74 Å². The van der Waals surface area contributed by atoms with Crippen LogP contribution >= 0.6 is 0 Å². The summed E-state index contributed by atoms with van der Waals surface area (Å²) in [4.78, 5) is 30.6. The van der Waals surface area contributed by atoms with Crippen LogP contribution in [0.2, 0.25) is 0 Å². The Morgan fingerprint density at radius 3 is 1.76 bits per heavy atom. The second-order valence-corrected chi connectivity index (χ2v) is 2.54. The summed E-state index contributed by atoms with van der Waals surface area (Å²) in [7, 11) is 0. The molecule has 1 atom stereocenters. The van der Waals surface area contributed by atoms with Crippen LogP contribution in [-0.2, 0) is 19.1 Å². The molecule has 1 unspecified atom stereocenters. The summed E-state index contributed by atoms with van der Waals surface area (Å²) in [6, 6.07) is 0. The Bertz CT molecular complexity index is 258. The number of carbonyl (C=O) groups is 3. The number of carboxylic acid groups (broad SMARTS) is 3. The normalized spacial score (nSPS) is 9.88. The monoisotopic (exact) mass is 278 g/mol. The van der Waals surface area contributed by atoms with E-state index < -0.39 is 43.5 Å². The van der Waals surface area contributed by atoms with Gasteiger partial charge in [0.25, 0.3) is 0 Å². The summed E-state index contributed by atoms with van der Waals surface area (Å²) in [5, 5.41) is 25.0. The first kappa shape index (κ1) is 26.8. The van der Waals surface area contributed by atoms with Gasteiger partial charge in [-0.2, -0.15) is 0 Å². The SMILES string of the molecule is O=C(O)COCC(CC(=O)O)C(=O)O.[H-].[H-].[H-].[Na+].[Na+].[Na+]. The molecule has 0 saturated carbocycles. The van der Waals surface area contributed by atoms with E-state index in [0.29, 0.717) is 0 Å². The molecule has 0 spiro atoms. The number of rotatable bonds is 7. The zero-order chi connectivity index (χ0) is 11.1. The van der Waals surface area contributed by atoms with Crippen LogP contribution in [0.3, 0.4) is 0 Å². The van der Waals surface area contributed by atoms with Crippen molar-refractivity contribution >= 4 is 17.9 Å². The van der Waals surface area contributed by atoms with Crippen LogP contribution < -0.4 is 88.7 Å².